The van der Waals surface area contributed by atoms with E-state index in [-0.39, 0.29) is 29.9 Å². The summed E-state index contributed by atoms with van der Waals surface area (Å²) in [6, 6.07) is 7.85. The molecular weight excluding hydrogens is 507 g/mol. The van der Waals surface area contributed by atoms with Gasteiger partial charge in [0.05, 0.1) is 19.8 Å². The number of carbonyl (C=O) groups is 1. The van der Waals surface area contributed by atoms with Crippen LogP contribution < -0.4 is 16.0 Å². The predicted octanol–water partition coefficient (Wildman–Crippen LogP) is 3.79. The van der Waals surface area contributed by atoms with Gasteiger partial charge in [-0.15, -0.1) is 24.0 Å². The maximum atomic E-state index is 12.0. The van der Waals surface area contributed by atoms with Crippen molar-refractivity contribution in [3.63, 3.8) is 0 Å². The molecule has 1 saturated heterocycles. The molecule has 0 bridgehead atoms. The maximum absolute atomic E-state index is 12.0. The molecule has 0 spiro atoms. The number of anilines is 1. The number of carbonyl (C=O) groups excluding carboxylic acids is 1. The minimum absolute atomic E-state index is 0. The van der Waals surface area contributed by atoms with Gasteiger partial charge < -0.3 is 25.4 Å². The molecule has 1 aromatic carbocycles. The Morgan fingerprint density at radius 1 is 1.32 bits per heavy atom. The van der Waals surface area contributed by atoms with E-state index in [2.05, 4.69) is 27.9 Å². The summed E-state index contributed by atoms with van der Waals surface area (Å²) in [4.78, 5) is 16.6. The minimum atomic E-state index is 0. The molecule has 1 amide bonds. The number of rotatable bonds is 12. The summed E-state index contributed by atoms with van der Waals surface area (Å²) in [6.07, 6.45) is 2.56. The van der Waals surface area contributed by atoms with E-state index in [0.717, 1.165) is 69.6 Å². The number of nitrogens with one attached hydrogen (secondary N) is 3. The van der Waals surface area contributed by atoms with Crippen LogP contribution in [0.25, 0.3) is 0 Å². The molecule has 176 valence electrons. The molecule has 1 fully saturated rings. The average Bonchev–Trinajstić information content (AvgIpc) is 3.21. The van der Waals surface area contributed by atoms with Crippen molar-refractivity contribution in [2.24, 2.45) is 16.8 Å². The van der Waals surface area contributed by atoms with Gasteiger partial charge in [-0.3, -0.25) is 4.79 Å². The number of guanidine groups is 1. The van der Waals surface area contributed by atoms with Crippen molar-refractivity contribution in [2.75, 3.05) is 44.8 Å². The lowest BCUT2D eigenvalue weighted by atomic mass is 10.1. The molecule has 8 heteroatoms. The zero-order valence-electron chi connectivity index (χ0n) is 19.1. The number of halogens is 1. The monoisotopic (exact) mass is 546 g/mol. The van der Waals surface area contributed by atoms with Crippen LogP contribution in [0.15, 0.2) is 29.3 Å². The van der Waals surface area contributed by atoms with Gasteiger partial charge in [0.2, 0.25) is 5.91 Å². The Balaban J connectivity index is 0.00000480. The highest BCUT2D eigenvalue weighted by Gasteiger charge is 2.15. The number of ether oxygens (including phenoxy) is 2. The lowest BCUT2D eigenvalue weighted by Crippen LogP contribution is -2.38. The fourth-order valence-electron chi connectivity index (χ4n) is 3.19. The molecule has 1 unspecified atom stereocenters. The molecule has 31 heavy (non-hydrogen) atoms. The van der Waals surface area contributed by atoms with Crippen molar-refractivity contribution in [2.45, 2.75) is 46.6 Å². The van der Waals surface area contributed by atoms with Gasteiger partial charge in [-0.1, -0.05) is 26.0 Å². The van der Waals surface area contributed by atoms with Gasteiger partial charge in [0.1, 0.15) is 0 Å². The van der Waals surface area contributed by atoms with Crippen LogP contribution in [0.4, 0.5) is 5.69 Å². The van der Waals surface area contributed by atoms with E-state index in [0.29, 0.717) is 24.8 Å². The van der Waals surface area contributed by atoms with E-state index < -0.39 is 0 Å². The largest absolute Gasteiger partial charge is 0.381 e. The zero-order chi connectivity index (χ0) is 21.6. The van der Waals surface area contributed by atoms with Crippen LogP contribution in [0.1, 0.15) is 45.6 Å². The summed E-state index contributed by atoms with van der Waals surface area (Å²) >= 11 is 0. The van der Waals surface area contributed by atoms with Crippen LogP contribution in [-0.4, -0.2) is 51.4 Å². The smallest absolute Gasteiger partial charge is 0.224 e. The minimum Gasteiger partial charge on any atom is -0.381 e. The molecule has 3 N–H and O–H groups in total. The van der Waals surface area contributed by atoms with Crippen molar-refractivity contribution in [1.29, 1.82) is 0 Å². The summed E-state index contributed by atoms with van der Waals surface area (Å²) in [6.45, 7) is 11.5. The summed E-state index contributed by atoms with van der Waals surface area (Å²) in [5, 5.41) is 9.58. The van der Waals surface area contributed by atoms with Crippen LogP contribution in [0, 0.1) is 11.8 Å². The highest BCUT2D eigenvalue weighted by molar-refractivity contribution is 14.0. The van der Waals surface area contributed by atoms with Crippen molar-refractivity contribution in [3.05, 3.63) is 29.8 Å². The molecule has 1 aromatic rings. The molecule has 1 heterocycles. The van der Waals surface area contributed by atoms with Crippen LogP contribution in [-0.2, 0) is 20.8 Å². The molecule has 7 nitrogen and oxygen atoms in total. The lowest BCUT2D eigenvalue weighted by molar-refractivity contribution is -0.116. The molecule has 1 aliphatic heterocycles. The molecule has 0 aliphatic carbocycles. The fraction of sp³-hybridized carbons (Fsp3) is 0.652. The SMILES string of the molecule is CCNC(=NCc1cccc(NC(=O)CC(C)C)c1)NCCCOCC1CCOC1.I. The van der Waals surface area contributed by atoms with Crippen molar-refractivity contribution in [3.8, 4) is 0 Å². The number of benzene rings is 1. The Kier molecular flexibility index (Phi) is 14.5. The van der Waals surface area contributed by atoms with Crippen LogP contribution >= 0.6 is 24.0 Å². The van der Waals surface area contributed by atoms with E-state index in [9.17, 15) is 4.79 Å². The highest BCUT2D eigenvalue weighted by Crippen LogP contribution is 2.13. The average molecular weight is 546 g/mol. The third-order valence-corrected chi connectivity index (χ3v) is 4.70. The van der Waals surface area contributed by atoms with Gasteiger partial charge in [-0.2, -0.15) is 0 Å². The summed E-state index contributed by atoms with van der Waals surface area (Å²) in [5.41, 5.74) is 1.87. The second-order valence-electron chi connectivity index (χ2n) is 8.13. The van der Waals surface area contributed by atoms with Crippen LogP contribution in [0.2, 0.25) is 0 Å². The second-order valence-corrected chi connectivity index (χ2v) is 8.13. The Labute approximate surface area is 204 Å². The third kappa shape index (κ3) is 12.3. The van der Waals surface area contributed by atoms with Crippen molar-refractivity contribution < 1.29 is 14.3 Å². The van der Waals surface area contributed by atoms with Gasteiger partial charge in [0, 0.05) is 44.3 Å². The first-order valence-corrected chi connectivity index (χ1v) is 11.1. The number of nitrogens with zero attached hydrogens (tertiary/aromatic N) is 1. The number of amides is 1. The van der Waals surface area contributed by atoms with Gasteiger partial charge in [0.15, 0.2) is 5.96 Å². The summed E-state index contributed by atoms with van der Waals surface area (Å²) < 4.78 is 11.1. The molecule has 1 aliphatic rings. The van der Waals surface area contributed by atoms with E-state index in [1.54, 1.807) is 0 Å². The first kappa shape index (κ1) is 27.6. The van der Waals surface area contributed by atoms with Crippen LogP contribution in [0.3, 0.4) is 0 Å². The van der Waals surface area contributed by atoms with E-state index >= 15 is 0 Å². The molecule has 2 rings (SSSR count). The predicted molar refractivity (Wildman–Crippen MR) is 137 cm³/mol. The van der Waals surface area contributed by atoms with Gasteiger partial charge >= 0.3 is 0 Å². The van der Waals surface area contributed by atoms with Crippen molar-refractivity contribution in [1.82, 2.24) is 10.6 Å². The topological polar surface area (TPSA) is 84.0 Å². The zero-order valence-corrected chi connectivity index (χ0v) is 21.4. The van der Waals surface area contributed by atoms with Crippen LogP contribution in [0.5, 0.6) is 0 Å². The number of aliphatic imine (C=N–C) groups is 1. The Bertz CT molecular complexity index is 664. The number of hydrogen-bond acceptors (Lipinski definition) is 4. The maximum Gasteiger partial charge on any atom is 0.224 e. The summed E-state index contributed by atoms with van der Waals surface area (Å²) in [5.74, 6) is 1.73. The summed E-state index contributed by atoms with van der Waals surface area (Å²) in [7, 11) is 0. The number of hydrogen-bond donors (Lipinski definition) is 3. The van der Waals surface area contributed by atoms with E-state index in [1.807, 2.05) is 38.1 Å². The Morgan fingerprint density at radius 2 is 2.16 bits per heavy atom. The van der Waals surface area contributed by atoms with E-state index in [1.165, 1.54) is 0 Å². The molecule has 1 atom stereocenters. The molecule has 0 aromatic heterocycles. The molecular formula is C23H39IN4O3. The standard InChI is InChI=1S/C23H38N4O3.HI/c1-4-24-23(25-10-6-11-29-16-20-9-12-30-17-20)26-15-19-7-5-8-21(14-19)27-22(28)13-18(2)3;/h5,7-8,14,18,20H,4,6,9-13,15-17H2,1-3H3,(H,27,28)(H2,24,25,26);1H. The molecule has 0 saturated carbocycles. The van der Waals surface area contributed by atoms with Gasteiger partial charge in [-0.05, 0) is 43.4 Å². The first-order chi connectivity index (χ1) is 14.6. The highest BCUT2D eigenvalue weighted by atomic mass is 127. The van der Waals surface area contributed by atoms with Crippen molar-refractivity contribution >= 4 is 41.5 Å². The lowest BCUT2D eigenvalue weighted by Gasteiger charge is -2.12. The van der Waals surface area contributed by atoms with E-state index in [4.69, 9.17) is 9.47 Å². The normalized spacial score (nSPS) is 16.1. The Hall–Kier alpha value is -1.39. The Morgan fingerprint density at radius 3 is 2.87 bits per heavy atom. The quantitative estimate of drug-likeness (QED) is 0.161. The second kappa shape index (κ2) is 16.3. The molecule has 0 radical (unpaired) electrons. The van der Waals surface area contributed by atoms with Gasteiger partial charge in [-0.25, -0.2) is 4.99 Å². The third-order valence-electron chi connectivity index (χ3n) is 4.70. The fourth-order valence-corrected chi connectivity index (χ4v) is 3.19. The first-order valence-electron chi connectivity index (χ1n) is 11.1. The van der Waals surface area contributed by atoms with Gasteiger partial charge in [0.25, 0.3) is 0 Å².